The summed E-state index contributed by atoms with van der Waals surface area (Å²) in [6, 6.07) is 0. The summed E-state index contributed by atoms with van der Waals surface area (Å²) in [5.74, 6) is 6.23. The second-order valence-electron chi connectivity index (χ2n) is 5.13. The minimum absolute atomic E-state index is 0.144. The van der Waals surface area contributed by atoms with Crippen LogP contribution in [0.3, 0.4) is 0 Å². The van der Waals surface area contributed by atoms with Crippen LogP contribution in [0.1, 0.15) is 64.2 Å². The number of carbonyl (C=O) groups is 1. The molecule has 3 nitrogen and oxygen atoms in total. The maximum atomic E-state index is 10.3. The average Bonchev–Trinajstić information content (AvgIpc) is 2.35. The summed E-state index contributed by atoms with van der Waals surface area (Å²) >= 11 is 0. The van der Waals surface area contributed by atoms with Crippen molar-refractivity contribution in [3.05, 3.63) is 0 Å². The first kappa shape index (κ1) is 15.0. The zero-order valence-electron chi connectivity index (χ0n) is 11.0. The van der Waals surface area contributed by atoms with Gasteiger partial charge in [0.25, 0.3) is 0 Å². The molecular weight excluding hydrogens is 228 g/mol. The van der Waals surface area contributed by atoms with Gasteiger partial charge < -0.3 is 10.2 Å². The van der Waals surface area contributed by atoms with Crippen molar-refractivity contribution in [1.29, 1.82) is 0 Å². The largest absolute Gasteiger partial charge is 0.481 e. The van der Waals surface area contributed by atoms with Gasteiger partial charge in [-0.2, -0.15) is 0 Å². The summed E-state index contributed by atoms with van der Waals surface area (Å²) in [7, 11) is 0. The third kappa shape index (κ3) is 7.34. The van der Waals surface area contributed by atoms with E-state index in [-0.39, 0.29) is 6.42 Å². The molecule has 0 saturated heterocycles. The van der Waals surface area contributed by atoms with Gasteiger partial charge in [-0.25, -0.2) is 0 Å². The van der Waals surface area contributed by atoms with Crippen molar-refractivity contribution in [3.8, 4) is 11.8 Å². The summed E-state index contributed by atoms with van der Waals surface area (Å²) in [5, 5.41) is 18.1. The Morgan fingerprint density at radius 3 is 2.61 bits per heavy atom. The molecule has 1 fully saturated rings. The number of aliphatic carboxylic acids is 1. The standard InChI is InChI=1S/C15H24O3/c16-14(11-6-12-15(17)18)10-5-4-9-13-7-2-1-3-8-13/h13-14,16H,1-3,5-8,10-12H2,(H,17,18). The van der Waals surface area contributed by atoms with Crippen LogP contribution in [0.2, 0.25) is 0 Å². The first-order chi connectivity index (χ1) is 8.68. The molecule has 1 aliphatic carbocycles. The third-order valence-electron chi connectivity index (χ3n) is 3.44. The SMILES string of the molecule is O=C(O)CCCC(O)CCC#CC1CCCCC1. The normalized spacial score (nSPS) is 17.8. The molecule has 102 valence electrons. The molecule has 1 unspecified atom stereocenters. The Morgan fingerprint density at radius 2 is 1.94 bits per heavy atom. The molecule has 3 heteroatoms. The lowest BCUT2D eigenvalue weighted by molar-refractivity contribution is -0.137. The fraction of sp³-hybridized carbons (Fsp3) is 0.800. The molecule has 0 aliphatic heterocycles. The van der Waals surface area contributed by atoms with Gasteiger partial charge in [-0.15, -0.1) is 5.92 Å². The zero-order chi connectivity index (χ0) is 13.2. The molecule has 0 aromatic carbocycles. The number of hydrogen-bond donors (Lipinski definition) is 2. The predicted molar refractivity (Wildman–Crippen MR) is 71.1 cm³/mol. The maximum absolute atomic E-state index is 10.3. The molecule has 2 N–H and O–H groups in total. The van der Waals surface area contributed by atoms with E-state index in [0.29, 0.717) is 25.2 Å². The summed E-state index contributed by atoms with van der Waals surface area (Å²) in [5.41, 5.74) is 0. The molecule has 0 bridgehead atoms. The van der Waals surface area contributed by atoms with Crippen molar-refractivity contribution in [3.63, 3.8) is 0 Å². The minimum atomic E-state index is -0.792. The second kappa shape index (κ2) is 8.99. The van der Waals surface area contributed by atoms with Gasteiger partial charge in [0.2, 0.25) is 0 Å². The van der Waals surface area contributed by atoms with Crippen molar-refractivity contribution in [2.24, 2.45) is 5.92 Å². The molecule has 1 atom stereocenters. The van der Waals surface area contributed by atoms with Gasteiger partial charge in [0.15, 0.2) is 0 Å². The Kier molecular flexibility index (Phi) is 7.52. The smallest absolute Gasteiger partial charge is 0.303 e. The Balaban J connectivity index is 2.05. The predicted octanol–water partition coefficient (Wildman–Crippen LogP) is 2.97. The Hall–Kier alpha value is -1.01. The maximum Gasteiger partial charge on any atom is 0.303 e. The number of carboxylic acids is 1. The fourth-order valence-electron chi connectivity index (χ4n) is 2.34. The van der Waals surface area contributed by atoms with E-state index in [1.807, 2.05) is 0 Å². The van der Waals surface area contributed by atoms with E-state index in [4.69, 9.17) is 5.11 Å². The van der Waals surface area contributed by atoms with Crippen molar-refractivity contribution in [1.82, 2.24) is 0 Å². The van der Waals surface area contributed by atoms with Crippen LogP contribution in [-0.4, -0.2) is 22.3 Å². The minimum Gasteiger partial charge on any atom is -0.481 e. The van der Waals surface area contributed by atoms with Gasteiger partial charge >= 0.3 is 5.97 Å². The van der Waals surface area contributed by atoms with Crippen molar-refractivity contribution < 1.29 is 15.0 Å². The molecule has 1 rings (SSSR count). The number of aliphatic hydroxyl groups is 1. The highest BCUT2D eigenvalue weighted by molar-refractivity contribution is 5.66. The molecule has 1 aliphatic rings. The second-order valence-corrected chi connectivity index (χ2v) is 5.13. The van der Waals surface area contributed by atoms with E-state index in [1.165, 1.54) is 32.1 Å². The van der Waals surface area contributed by atoms with E-state index < -0.39 is 12.1 Å². The van der Waals surface area contributed by atoms with E-state index in [1.54, 1.807) is 0 Å². The molecule has 0 amide bonds. The molecule has 1 saturated carbocycles. The molecule has 0 aromatic rings. The molecule has 0 radical (unpaired) electrons. The lowest BCUT2D eigenvalue weighted by Crippen LogP contribution is -2.07. The molecule has 0 heterocycles. The highest BCUT2D eigenvalue weighted by atomic mass is 16.4. The van der Waals surface area contributed by atoms with Crippen LogP contribution < -0.4 is 0 Å². The summed E-state index contributed by atoms with van der Waals surface area (Å²) in [6.45, 7) is 0. The van der Waals surface area contributed by atoms with Crippen LogP contribution in [0.25, 0.3) is 0 Å². The zero-order valence-corrected chi connectivity index (χ0v) is 11.0. The monoisotopic (exact) mass is 252 g/mol. The summed E-state index contributed by atoms with van der Waals surface area (Å²) in [4.78, 5) is 10.3. The van der Waals surface area contributed by atoms with Crippen LogP contribution in [0.4, 0.5) is 0 Å². The first-order valence-corrected chi connectivity index (χ1v) is 7.06. The van der Waals surface area contributed by atoms with Crippen molar-refractivity contribution in [2.75, 3.05) is 0 Å². The van der Waals surface area contributed by atoms with E-state index in [0.717, 1.165) is 6.42 Å². The van der Waals surface area contributed by atoms with Crippen LogP contribution in [-0.2, 0) is 4.79 Å². The molecule has 0 spiro atoms. The van der Waals surface area contributed by atoms with Gasteiger partial charge in [0.05, 0.1) is 6.10 Å². The van der Waals surface area contributed by atoms with Gasteiger partial charge in [-0.1, -0.05) is 25.2 Å². The van der Waals surface area contributed by atoms with E-state index in [2.05, 4.69) is 11.8 Å². The van der Waals surface area contributed by atoms with Gasteiger partial charge in [0, 0.05) is 18.8 Å². The fourth-order valence-corrected chi connectivity index (χ4v) is 2.34. The average molecular weight is 252 g/mol. The third-order valence-corrected chi connectivity index (χ3v) is 3.44. The van der Waals surface area contributed by atoms with Crippen molar-refractivity contribution >= 4 is 5.97 Å². The molecule has 18 heavy (non-hydrogen) atoms. The Bertz CT molecular complexity index is 295. The Labute approximate surface area is 110 Å². The molecular formula is C15H24O3. The van der Waals surface area contributed by atoms with Gasteiger partial charge in [0.1, 0.15) is 0 Å². The number of rotatable bonds is 6. The van der Waals surface area contributed by atoms with E-state index >= 15 is 0 Å². The quantitative estimate of drug-likeness (QED) is 0.714. The highest BCUT2D eigenvalue weighted by Gasteiger charge is 2.10. The topological polar surface area (TPSA) is 57.5 Å². The van der Waals surface area contributed by atoms with Crippen LogP contribution in [0, 0.1) is 17.8 Å². The van der Waals surface area contributed by atoms with Crippen LogP contribution >= 0.6 is 0 Å². The highest BCUT2D eigenvalue weighted by Crippen LogP contribution is 2.22. The summed E-state index contributed by atoms with van der Waals surface area (Å²) in [6.07, 6.45) is 8.67. The molecule has 0 aromatic heterocycles. The van der Waals surface area contributed by atoms with Crippen molar-refractivity contribution in [2.45, 2.75) is 70.3 Å². The number of aliphatic hydroxyl groups excluding tert-OH is 1. The summed E-state index contributed by atoms with van der Waals surface area (Å²) < 4.78 is 0. The lowest BCUT2D eigenvalue weighted by Gasteiger charge is -2.15. The van der Waals surface area contributed by atoms with Gasteiger partial charge in [-0.05, 0) is 32.1 Å². The Morgan fingerprint density at radius 1 is 1.22 bits per heavy atom. The number of hydrogen-bond acceptors (Lipinski definition) is 2. The van der Waals surface area contributed by atoms with Crippen LogP contribution in [0.5, 0.6) is 0 Å². The number of carboxylic acid groups (broad SMARTS) is 1. The lowest BCUT2D eigenvalue weighted by atomic mass is 9.90. The van der Waals surface area contributed by atoms with E-state index in [9.17, 15) is 9.90 Å². The van der Waals surface area contributed by atoms with Gasteiger partial charge in [-0.3, -0.25) is 4.79 Å². The van der Waals surface area contributed by atoms with Crippen LogP contribution in [0.15, 0.2) is 0 Å². The first-order valence-electron chi connectivity index (χ1n) is 7.06.